The molecule has 116 valence electrons. The summed E-state index contributed by atoms with van der Waals surface area (Å²) < 4.78 is 5.79. The Bertz CT molecular complexity index is 667. The number of halogens is 1. The van der Waals surface area contributed by atoms with Crippen LogP contribution in [0.4, 0.5) is 4.79 Å². The summed E-state index contributed by atoms with van der Waals surface area (Å²) >= 11 is 3.49. The average Bonchev–Trinajstić information content (AvgIpc) is 3.31. The molecular formula is C16H17BrN2O3. The van der Waals surface area contributed by atoms with Gasteiger partial charge in [0.1, 0.15) is 0 Å². The lowest BCUT2D eigenvalue weighted by Gasteiger charge is -2.35. The lowest BCUT2D eigenvalue weighted by Crippen LogP contribution is -2.48. The number of nitrogens with zero attached hydrogens (tertiary/aromatic N) is 1. The lowest BCUT2D eigenvalue weighted by atomic mass is 9.95. The molecule has 0 saturated heterocycles. The van der Waals surface area contributed by atoms with Crippen molar-refractivity contribution in [3.63, 3.8) is 0 Å². The molecule has 2 aliphatic rings. The molecule has 0 bridgehead atoms. The number of carbonyl (C=O) groups is 2. The maximum Gasteiger partial charge on any atom is 0.337 e. The fourth-order valence-electron chi connectivity index (χ4n) is 2.85. The Morgan fingerprint density at radius 2 is 2.05 bits per heavy atom. The number of carbonyl (C=O) groups excluding carboxylic acids is 2. The molecule has 0 radical (unpaired) electrons. The van der Waals surface area contributed by atoms with E-state index < -0.39 is 12.0 Å². The van der Waals surface area contributed by atoms with Gasteiger partial charge in [-0.15, -0.1) is 0 Å². The van der Waals surface area contributed by atoms with E-state index >= 15 is 0 Å². The quantitative estimate of drug-likeness (QED) is 0.838. The highest BCUT2D eigenvalue weighted by atomic mass is 79.9. The molecule has 1 aliphatic heterocycles. The molecule has 0 aromatic heterocycles. The summed E-state index contributed by atoms with van der Waals surface area (Å²) in [6.07, 6.45) is 1.94. The fourth-order valence-corrected chi connectivity index (χ4v) is 3.36. The van der Waals surface area contributed by atoms with Gasteiger partial charge in [0.25, 0.3) is 0 Å². The molecular weight excluding hydrogens is 348 g/mol. The summed E-state index contributed by atoms with van der Waals surface area (Å²) in [6, 6.07) is 7.07. The SMILES string of the molecule is COC(=O)C1=C(C)N(C2CC2)C(=O)NC1c1ccccc1Br. The number of benzene rings is 1. The van der Waals surface area contributed by atoms with E-state index in [1.807, 2.05) is 31.2 Å². The number of esters is 1. The Hall–Kier alpha value is -1.82. The van der Waals surface area contributed by atoms with Crippen LogP contribution in [0.3, 0.4) is 0 Å². The van der Waals surface area contributed by atoms with Crippen LogP contribution in [0, 0.1) is 0 Å². The monoisotopic (exact) mass is 364 g/mol. The Morgan fingerprint density at radius 1 is 1.36 bits per heavy atom. The van der Waals surface area contributed by atoms with E-state index in [2.05, 4.69) is 21.2 Å². The predicted octanol–water partition coefficient (Wildman–Crippen LogP) is 3.12. The van der Waals surface area contributed by atoms with Gasteiger partial charge in [-0.2, -0.15) is 0 Å². The molecule has 0 spiro atoms. The summed E-state index contributed by atoms with van der Waals surface area (Å²) in [7, 11) is 1.36. The van der Waals surface area contributed by atoms with E-state index in [-0.39, 0.29) is 12.1 Å². The smallest absolute Gasteiger partial charge is 0.337 e. The minimum absolute atomic E-state index is 0.159. The van der Waals surface area contributed by atoms with E-state index in [1.54, 1.807) is 4.90 Å². The van der Waals surface area contributed by atoms with Gasteiger partial charge in [0.05, 0.1) is 18.7 Å². The van der Waals surface area contributed by atoms with Gasteiger partial charge in [-0.1, -0.05) is 34.1 Å². The fraction of sp³-hybridized carbons (Fsp3) is 0.375. The van der Waals surface area contributed by atoms with Crippen molar-refractivity contribution in [2.24, 2.45) is 0 Å². The molecule has 1 saturated carbocycles. The molecule has 5 nitrogen and oxygen atoms in total. The number of allylic oxidation sites excluding steroid dienone is 1. The summed E-state index contributed by atoms with van der Waals surface area (Å²) in [6.45, 7) is 1.81. The van der Waals surface area contributed by atoms with Gasteiger partial charge in [0, 0.05) is 16.2 Å². The van der Waals surface area contributed by atoms with Crippen LogP contribution in [0.5, 0.6) is 0 Å². The zero-order chi connectivity index (χ0) is 15.9. The first kappa shape index (κ1) is 15.1. The first-order chi connectivity index (χ1) is 10.5. The van der Waals surface area contributed by atoms with E-state index in [0.29, 0.717) is 11.3 Å². The van der Waals surface area contributed by atoms with Crippen LogP contribution in [0.15, 0.2) is 40.0 Å². The number of rotatable bonds is 3. The van der Waals surface area contributed by atoms with Crippen LogP contribution < -0.4 is 5.32 Å². The molecule has 1 aliphatic carbocycles. The lowest BCUT2D eigenvalue weighted by molar-refractivity contribution is -0.136. The Balaban J connectivity index is 2.11. The van der Waals surface area contributed by atoms with Crippen molar-refractivity contribution >= 4 is 27.9 Å². The van der Waals surface area contributed by atoms with Crippen molar-refractivity contribution in [1.82, 2.24) is 10.2 Å². The van der Waals surface area contributed by atoms with Gasteiger partial charge in [-0.25, -0.2) is 9.59 Å². The number of hydrogen-bond acceptors (Lipinski definition) is 3. The largest absolute Gasteiger partial charge is 0.466 e. The van der Waals surface area contributed by atoms with Crippen LogP contribution in [0.2, 0.25) is 0 Å². The number of methoxy groups -OCH3 is 1. The number of urea groups is 1. The number of nitrogens with one attached hydrogen (secondary N) is 1. The Kier molecular flexibility index (Phi) is 3.95. The summed E-state index contributed by atoms with van der Waals surface area (Å²) in [4.78, 5) is 26.4. The molecule has 2 amide bonds. The second kappa shape index (κ2) is 5.76. The Morgan fingerprint density at radius 3 is 2.64 bits per heavy atom. The second-order valence-electron chi connectivity index (χ2n) is 5.50. The van der Waals surface area contributed by atoms with Crippen LogP contribution in [-0.4, -0.2) is 30.1 Å². The molecule has 3 rings (SSSR count). The summed E-state index contributed by atoms with van der Waals surface area (Å²) in [5.74, 6) is -0.413. The van der Waals surface area contributed by atoms with Crippen LogP contribution >= 0.6 is 15.9 Å². The highest BCUT2D eigenvalue weighted by Gasteiger charge is 2.42. The molecule has 6 heteroatoms. The molecule has 1 fully saturated rings. The van der Waals surface area contributed by atoms with Crippen molar-refractivity contribution in [3.8, 4) is 0 Å². The van der Waals surface area contributed by atoms with Crippen molar-refractivity contribution in [2.45, 2.75) is 31.8 Å². The third kappa shape index (κ3) is 2.52. The first-order valence-electron chi connectivity index (χ1n) is 7.17. The third-order valence-electron chi connectivity index (χ3n) is 4.06. The molecule has 22 heavy (non-hydrogen) atoms. The van der Waals surface area contributed by atoms with Crippen LogP contribution in [0.25, 0.3) is 0 Å². The summed E-state index contributed by atoms with van der Waals surface area (Å²) in [5.41, 5.74) is 2.01. The zero-order valence-corrected chi connectivity index (χ0v) is 14.0. The minimum Gasteiger partial charge on any atom is -0.466 e. The maximum atomic E-state index is 12.5. The van der Waals surface area contributed by atoms with Crippen LogP contribution in [-0.2, 0) is 9.53 Å². The highest BCUT2D eigenvalue weighted by Crippen LogP contribution is 2.39. The van der Waals surface area contributed by atoms with Crippen molar-refractivity contribution in [3.05, 3.63) is 45.6 Å². The third-order valence-corrected chi connectivity index (χ3v) is 4.78. The normalized spacial score (nSPS) is 21.7. The standard InChI is InChI=1S/C16H17BrN2O3/c1-9-13(15(20)22-2)14(11-5-3-4-6-12(11)17)18-16(21)19(9)10-7-8-10/h3-6,10,14H,7-8H2,1-2H3,(H,18,21). The Labute approximate surface area is 137 Å². The van der Waals surface area contributed by atoms with Gasteiger partial charge in [0.2, 0.25) is 0 Å². The molecule has 1 aromatic rings. The predicted molar refractivity (Wildman–Crippen MR) is 85.0 cm³/mol. The maximum absolute atomic E-state index is 12.5. The van der Waals surface area contributed by atoms with Crippen molar-refractivity contribution in [2.75, 3.05) is 7.11 Å². The molecule has 1 unspecified atom stereocenters. The van der Waals surface area contributed by atoms with E-state index in [9.17, 15) is 9.59 Å². The van der Waals surface area contributed by atoms with Gasteiger partial charge in [-0.05, 0) is 31.4 Å². The summed E-state index contributed by atoms with van der Waals surface area (Å²) in [5, 5.41) is 2.94. The van der Waals surface area contributed by atoms with E-state index in [4.69, 9.17) is 4.74 Å². The number of amides is 2. The van der Waals surface area contributed by atoms with Gasteiger partial charge < -0.3 is 10.1 Å². The van der Waals surface area contributed by atoms with Crippen LogP contribution in [0.1, 0.15) is 31.4 Å². The molecule has 1 aromatic carbocycles. The van der Waals surface area contributed by atoms with Gasteiger partial charge in [-0.3, -0.25) is 4.90 Å². The second-order valence-corrected chi connectivity index (χ2v) is 6.35. The van der Waals surface area contributed by atoms with Crippen molar-refractivity contribution in [1.29, 1.82) is 0 Å². The van der Waals surface area contributed by atoms with Gasteiger partial charge in [0.15, 0.2) is 0 Å². The molecule has 1 heterocycles. The molecule has 1 atom stereocenters. The topological polar surface area (TPSA) is 58.6 Å². The van der Waals surface area contributed by atoms with Gasteiger partial charge >= 0.3 is 12.0 Å². The molecule has 1 N–H and O–H groups in total. The number of ether oxygens (including phenoxy) is 1. The zero-order valence-electron chi connectivity index (χ0n) is 12.4. The number of hydrogen-bond donors (Lipinski definition) is 1. The first-order valence-corrected chi connectivity index (χ1v) is 7.97. The minimum atomic E-state index is -0.509. The highest BCUT2D eigenvalue weighted by molar-refractivity contribution is 9.10. The van der Waals surface area contributed by atoms with E-state index in [0.717, 1.165) is 22.9 Å². The van der Waals surface area contributed by atoms with E-state index in [1.165, 1.54) is 7.11 Å². The average molecular weight is 365 g/mol. The van der Waals surface area contributed by atoms with Crippen molar-refractivity contribution < 1.29 is 14.3 Å².